The molecule has 100 valence electrons. The number of benzene rings is 1. The van der Waals surface area contributed by atoms with Gasteiger partial charge in [-0.05, 0) is 37.9 Å². The SMILES string of the molecule is CNC(Cc1ccccc1F)C1(OC)CCCC1. The van der Waals surface area contributed by atoms with Crippen molar-refractivity contribution in [2.24, 2.45) is 0 Å². The summed E-state index contributed by atoms with van der Waals surface area (Å²) in [7, 11) is 3.71. The maximum Gasteiger partial charge on any atom is 0.126 e. The largest absolute Gasteiger partial charge is 0.377 e. The van der Waals surface area contributed by atoms with Gasteiger partial charge >= 0.3 is 0 Å². The number of likely N-dealkylation sites (N-methyl/N-ethyl adjacent to an activating group) is 1. The molecule has 1 fully saturated rings. The van der Waals surface area contributed by atoms with Crippen molar-refractivity contribution in [2.45, 2.75) is 43.7 Å². The van der Waals surface area contributed by atoms with Crippen LogP contribution in [0.2, 0.25) is 0 Å². The van der Waals surface area contributed by atoms with Crippen LogP contribution < -0.4 is 5.32 Å². The van der Waals surface area contributed by atoms with Gasteiger partial charge in [-0.15, -0.1) is 0 Å². The summed E-state index contributed by atoms with van der Waals surface area (Å²) in [6.45, 7) is 0. The fourth-order valence-electron chi connectivity index (χ4n) is 3.10. The van der Waals surface area contributed by atoms with Crippen LogP contribution in [-0.2, 0) is 11.2 Å². The Hall–Kier alpha value is -0.930. The summed E-state index contributed by atoms with van der Waals surface area (Å²) in [6, 6.07) is 7.17. The number of hydrogen-bond acceptors (Lipinski definition) is 2. The van der Waals surface area contributed by atoms with E-state index in [9.17, 15) is 4.39 Å². The molecule has 0 bridgehead atoms. The Balaban J connectivity index is 2.16. The van der Waals surface area contributed by atoms with Gasteiger partial charge in [0.1, 0.15) is 5.82 Å². The first kappa shape index (κ1) is 13.5. The van der Waals surface area contributed by atoms with Crippen LogP contribution in [0.5, 0.6) is 0 Å². The highest BCUT2D eigenvalue weighted by molar-refractivity contribution is 5.20. The smallest absolute Gasteiger partial charge is 0.126 e. The molecule has 1 aromatic carbocycles. The van der Waals surface area contributed by atoms with Gasteiger partial charge < -0.3 is 10.1 Å². The Morgan fingerprint density at radius 3 is 2.56 bits per heavy atom. The summed E-state index contributed by atoms with van der Waals surface area (Å²) in [4.78, 5) is 0. The zero-order valence-electron chi connectivity index (χ0n) is 11.2. The normalized spacial score (nSPS) is 19.9. The van der Waals surface area contributed by atoms with Crippen molar-refractivity contribution in [3.8, 4) is 0 Å². The fourth-order valence-corrected chi connectivity index (χ4v) is 3.10. The number of methoxy groups -OCH3 is 1. The lowest BCUT2D eigenvalue weighted by Crippen LogP contribution is -2.50. The minimum Gasteiger partial charge on any atom is -0.377 e. The molecule has 1 aliphatic carbocycles. The minimum atomic E-state index is -0.128. The molecule has 3 heteroatoms. The van der Waals surface area contributed by atoms with Crippen LogP contribution in [0, 0.1) is 5.82 Å². The van der Waals surface area contributed by atoms with Crippen LogP contribution in [0.4, 0.5) is 4.39 Å². The zero-order valence-corrected chi connectivity index (χ0v) is 11.2. The third-order valence-corrected chi connectivity index (χ3v) is 4.22. The molecule has 0 amide bonds. The van der Waals surface area contributed by atoms with E-state index in [1.165, 1.54) is 18.9 Å². The molecule has 0 radical (unpaired) electrons. The topological polar surface area (TPSA) is 21.3 Å². The van der Waals surface area contributed by atoms with Crippen molar-refractivity contribution in [1.82, 2.24) is 5.32 Å². The number of ether oxygens (including phenoxy) is 1. The summed E-state index contributed by atoms with van der Waals surface area (Å²) in [6.07, 6.45) is 5.19. The Labute approximate surface area is 109 Å². The zero-order chi connectivity index (χ0) is 13.0. The second-order valence-corrected chi connectivity index (χ2v) is 5.11. The molecule has 1 atom stereocenters. The van der Waals surface area contributed by atoms with Gasteiger partial charge in [-0.2, -0.15) is 0 Å². The molecular formula is C15H22FNO. The first-order valence-electron chi connectivity index (χ1n) is 6.67. The van der Waals surface area contributed by atoms with E-state index in [0.29, 0.717) is 6.42 Å². The molecule has 1 aliphatic rings. The van der Waals surface area contributed by atoms with E-state index in [0.717, 1.165) is 18.4 Å². The Bertz CT molecular complexity index is 388. The van der Waals surface area contributed by atoms with Crippen molar-refractivity contribution in [1.29, 1.82) is 0 Å². The summed E-state index contributed by atoms with van der Waals surface area (Å²) in [5.41, 5.74) is 0.636. The molecule has 0 heterocycles. The molecule has 18 heavy (non-hydrogen) atoms. The maximum absolute atomic E-state index is 13.7. The van der Waals surface area contributed by atoms with Crippen LogP contribution in [0.1, 0.15) is 31.2 Å². The van der Waals surface area contributed by atoms with Crippen molar-refractivity contribution < 1.29 is 9.13 Å². The number of hydrogen-bond donors (Lipinski definition) is 1. The van der Waals surface area contributed by atoms with E-state index in [-0.39, 0.29) is 17.5 Å². The van der Waals surface area contributed by atoms with Gasteiger partial charge in [0, 0.05) is 13.2 Å². The van der Waals surface area contributed by atoms with Crippen LogP contribution in [-0.4, -0.2) is 25.8 Å². The molecule has 1 N–H and O–H groups in total. The van der Waals surface area contributed by atoms with E-state index < -0.39 is 0 Å². The van der Waals surface area contributed by atoms with Crippen LogP contribution in [0.3, 0.4) is 0 Å². The van der Waals surface area contributed by atoms with E-state index in [1.54, 1.807) is 13.2 Å². The second kappa shape index (κ2) is 5.81. The van der Waals surface area contributed by atoms with Gasteiger partial charge in [0.15, 0.2) is 0 Å². The molecule has 1 aromatic rings. The summed E-state index contributed by atoms with van der Waals surface area (Å²) < 4.78 is 19.5. The highest BCUT2D eigenvalue weighted by atomic mass is 19.1. The average Bonchev–Trinajstić information content (AvgIpc) is 2.88. The van der Waals surface area contributed by atoms with Gasteiger partial charge in [-0.3, -0.25) is 0 Å². The maximum atomic E-state index is 13.7. The quantitative estimate of drug-likeness (QED) is 0.868. The molecule has 2 nitrogen and oxygen atoms in total. The highest BCUT2D eigenvalue weighted by Gasteiger charge is 2.40. The Kier molecular flexibility index (Phi) is 4.36. The summed E-state index contributed by atoms with van der Waals surface area (Å²) in [5.74, 6) is -0.123. The minimum absolute atomic E-state index is 0.123. The van der Waals surface area contributed by atoms with Gasteiger partial charge in [0.05, 0.1) is 5.60 Å². The van der Waals surface area contributed by atoms with Crippen molar-refractivity contribution in [2.75, 3.05) is 14.2 Å². The molecule has 0 aromatic heterocycles. The molecule has 1 saturated carbocycles. The van der Waals surface area contributed by atoms with Gasteiger partial charge in [0.25, 0.3) is 0 Å². The number of nitrogens with one attached hydrogen (secondary N) is 1. The molecule has 0 aliphatic heterocycles. The van der Waals surface area contributed by atoms with E-state index in [4.69, 9.17) is 4.74 Å². The van der Waals surface area contributed by atoms with Gasteiger partial charge in [-0.25, -0.2) is 4.39 Å². The van der Waals surface area contributed by atoms with E-state index in [1.807, 2.05) is 19.2 Å². The van der Waals surface area contributed by atoms with E-state index >= 15 is 0 Å². The van der Waals surface area contributed by atoms with Crippen molar-refractivity contribution >= 4 is 0 Å². The molecule has 0 saturated heterocycles. The van der Waals surface area contributed by atoms with E-state index in [2.05, 4.69) is 5.32 Å². The lowest BCUT2D eigenvalue weighted by Gasteiger charge is -2.36. The lowest BCUT2D eigenvalue weighted by molar-refractivity contribution is -0.0338. The average molecular weight is 251 g/mol. The van der Waals surface area contributed by atoms with Crippen LogP contribution in [0.15, 0.2) is 24.3 Å². The van der Waals surface area contributed by atoms with Crippen molar-refractivity contribution in [3.05, 3.63) is 35.6 Å². The molecular weight excluding hydrogens is 229 g/mol. The fraction of sp³-hybridized carbons (Fsp3) is 0.600. The third kappa shape index (κ3) is 2.57. The number of halogens is 1. The third-order valence-electron chi connectivity index (χ3n) is 4.22. The highest BCUT2D eigenvalue weighted by Crippen LogP contribution is 2.36. The summed E-state index contributed by atoms with van der Waals surface area (Å²) in [5, 5.41) is 3.32. The summed E-state index contributed by atoms with van der Waals surface area (Å²) >= 11 is 0. The van der Waals surface area contributed by atoms with Gasteiger partial charge in [0.2, 0.25) is 0 Å². The monoisotopic (exact) mass is 251 g/mol. The van der Waals surface area contributed by atoms with Crippen LogP contribution in [0.25, 0.3) is 0 Å². The predicted molar refractivity (Wildman–Crippen MR) is 71.2 cm³/mol. The first-order valence-corrected chi connectivity index (χ1v) is 6.67. The molecule has 1 unspecified atom stereocenters. The Morgan fingerprint density at radius 1 is 1.33 bits per heavy atom. The van der Waals surface area contributed by atoms with Gasteiger partial charge in [-0.1, -0.05) is 31.0 Å². The lowest BCUT2D eigenvalue weighted by atomic mass is 9.87. The van der Waals surface area contributed by atoms with Crippen LogP contribution >= 0.6 is 0 Å². The Morgan fingerprint density at radius 2 is 2.00 bits per heavy atom. The molecule has 0 spiro atoms. The predicted octanol–water partition coefficient (Wildman–Crippen LogP) is 2.92. The second-order valence-electron chi connectivity index (χ2n) is 5.11. The first-order chi connectivity index (χ1) is 8.72. The van der Waals surface area contributed by atoms with Crippen molar-refractivity contribution in [3.63, 3.8) is 0 Å². The molecule has 2 rings (SSSR count). The number of rotatable bonds is 5. The standard InChI is InChI=1S/C15H22FNO/c1-17-14(15(18-2)9-5-6-10-15)11-12-7-3-4-8-13(12)16/h3-4,7-8,14,17H,5-6,9-11H2,1-2H3.